The minimum absolute atomic E-state index is 0.589. The van der Waals surface area contributed by atoms with Crippen LogP contribution in [-0.4, -0.2) is 44.5 Å². The highest BCUT2D eigenvalue weighted by atomic mass is 16.6. The van der Waals surface area contributed by atoms with Crippen LogP contribution >= 0.6 is 0 Å². The van der Waals surface area contributed by atoms with E-state index in [1.165, 1.54) is 32.4 Å². The average Bonchev–Trinajstić information content (AvgIpc) is 2.52. The molecule has 0 aliphatic heterocycles. The van der Waals surface area contributed by atoms with Crippen molar-refractivity contribution in [2.75, 3.05) is 33.4 Å². The van der Waals surface area contributed by atoms with E-state index in [9.17, 15) is 0 Å². The molecule has 4 nitrogen and oxygen atoms in total. The Labute approximate surface area is 135 Å². The van der Waals surface area contributed by atoms with E-state index in [1.54, 1.807) is 6.21 Å². The van der Waals surface area contributed by atoms with E-state index < -0.39 is 0 Å². The first-order chi connectivity index (χ1) is 10.8. The molecule has 0 saturated heterocycles. The third-order valence-electron chi connectivity index (χ3n) is 3.34. The largest absolute Gasteiger partial charge is 0.494 e. The lowest BCUT2D eigenvalue weighted by Crippen LogP contribution is -2.20. The second kappa shape index (κ2) is 12.0. The van der Waals surface area contributed by atoms with Crippen LogP contribution in [0.4, 0.5) is 0 Å². The van der Waals surface area contributed by atoms with Gasteiger partial charge in [-0.15, -0.1) is 0 Å². The van der Waals surface area contributed by atoms with E-state index >= 15 is 0 Å². The van der Waals surface area contributed by atoms with Crippen LogP contribution in [0, 0.1) is 0 Å². The van der Waals surface area contributed by atoms with Crippen LogP contribution in [-0.2, 0) is 4.84 Å². The van der Waals surface area contributed by atoms with Gasteiger partial charge in [-0.05, 0) is 82.6 Å². The third-order valence-corrected chi connectivity index (χ3v) is 3.34. The lowest BCUT2D eigenvalue weighted by atomic mass is 10.2. The first-order valence-electron chi connectivity index (χ1n) is 8.33. The van der Waals surface area contributed by atoms with Crippen molar-refractivity contribution in [2.24, 2.45) is 5.16 Å². The maximum absolute atomic E-state index is 5.75. The van der Waals surface area contributed by atoms with Gasteiger partial charge in [0.15, 0.2) is 0 Å². The van der Waals surface area contributed by atoms with Crippen LogP contribution in [0.2, 0.25) is 0 Å². The average molecular weight is 306 g/mol. The molecule has 0 fully saturated rings. The number of ether oxygens (including phenoxy) is 1. The Morgan fingerprint density at radius 2 is 1.82 bits per heavy atom. The highest BCUT2D eigenvalue weighted by Gasteiger charge is 1.97. The quantitative estimate of drug-likeness (QED) is 0.333. The van der Waals surface area contributed by atoms with E-state index in [2.05, 4.69) is 24.0 Å². The van der Waals surface area contributed by atoms with Gasteiger partial charge >= 0.3 is 0 Å². The van der Waals surface area contributed by atoms with Gasteiger partial charge in [-0.1, -0.05) is 12.1 Å². The molecule has 4 heteroatoms. The van der Waals surface area contributed by atoms with Crippen molar-refractivity contribution in [1.82, 2.24) is 4.90 Å². The zero-order valence-electron chi connectivity index (χ0n) is 14.3. The topological polar surface area (TPSA) is 34.1 Å². The molecule has 0 unspecified atom stereocenters. The first-order valence-corrected chi connectivity index (χ1v) is 8.33. The maximum atomic E-state index is 5.75. The number of oxime groups is 1. The predicted octanol–water partition coefficient (Wildman–Crippen LogP) is 3.95. The summed E-state index contributed by atoms with van der Waals surface area (Å²) >= 11 is 0. The minimum atomic E-state index is 0.589. The zero-order valence-corrected chi connectivity index (χ0v) is 14.3. The summed E-state index contributed by atoms with van der Waals surface area (Å²) in [5.41, 5.74) is 1.01. The normalized spacial score (nSPS) is 11.3. The molecule has 0 atom stereocenters. The summed E-state index contributed by atoms with van der Waals surface area (Å²) in [6, 6.07) is 7.92. The van der Waals surface area contributed by atoms with Gasteiger partial charge < -0.3 is 14.5 Å². The summed E-state index contributed by atoms with van der Waals surface area (Å²) in [4.78, 5) is 7.33. The molecule has 0 saturated carbocycles. The van der Waals surface area contributed by atoms with Gasteiger partial charge in [0.05, 0.1) is 12.8 Å². The summed E-state index contributed by atoms with van der Waals surface area (Å²) in [6.45, 7) is 7.88. The fraction of sp³-hybridized carbons (Fsp3) is 0.611. The monoisotopic (exact) mass is 306 g/mol. The molecule has 22 heavy (non-hydrogen) atoms. The molecule has 1 aromatic carbocycles. The molecule has 0 N–H and O–H groups in total. The van der Waals surface area contributed by atoms with Crippen LogP contribution in [0.25, 0.3) is 0 Å². The van der Waals surface area contributed by atoms with Crippen LogP contribution in [0.5, 0.6) is 5.75 Å². The fourth-order valence-electron chi connectivity index (χ4n) is 2.17. The lowest BCUT2D eigenvalue weighted by Gasteiger charge is -2.14. The fourth-order valence-corrected chi connectivity index (χ4v) is 2.17. The second-order valence-corrected chi connectivity index (χ2v) is 5.43. The van der Waals surface area contributed by atoms with Crippen molar-refractivity contribution in [3.8, 4) is 5.75 Å². The van der Waals surface area contributed by atoms with Gasteiger partial charge in [0.2, 0.25) is 0 Å². The number of unbranched alkanes of at least 4 members (excludes halogenated alkanes) is 2. The Hall–Kier alpha value is -1.55. The predicted molar refractivity (Wildman–Crippen MR) is 92.8 cm³/mol. The molecule has 0 aromatic heterocycles. The molecular weight excluding hydrogens is 276 g/mol. The summed E-state index contributed by atoms with van der Waals surface area (Å²) in [7, 11) is 2.19. The Kier molecular flexibility index (Phi) is 10.1. The highest BCUT2D eigenvalue weighted by molar-refractivity contribution is 5.79. The van der Waals surface area contributed by atoms with Gasteiger partial charge in [0, 0.05) is 0 Å². The Morgan fingerprint density at radius 1 is 1.05 bits per heavy atom. The maximum Gasteiger partial charge on any atom is 0.119 e. The molecule has 0 heterocycles. The molecule has 0 aliphatic carbocycles. The standard InChI is InChI=1S/C18H30N2O2/c1-4-13-20(3)14-7-6-8-15-21-18-11-9-17(10-12-18)16-19-22-5-2/h9-12,16H,4-8,13-15H2,1-3H3/b19-16+. The van der Waals surface area contributed by atoms with Crippen LogP contribution in [0.1, 0.15) is 45.1 Å². The smallest absolute Gasteiger partial charge is 0.119 e. The number of nitrogens with zero attached hydrogens (tertiary/aromatic N) is 2. The SMILES string of the molecule is CCCN(C)CCCCCOc1ccc(/C=N/OCC)cc1. The van der Waals surface area contributed by atoms with E-state index in [1.807, 2.05) is 31.2 Å². The Morgan fingerprint density at radius 3 is 2.50 bits per heavy atom. The molecule has 0 radical (unpaired) electrons. The van der Waals surface area contributed by atoms with Crippen molar-refractivity contribution in [3.63, 3.8) is 0 Å². The van der Waals surface area contributed by atoms with Crippen molar-refractivity contribution in [1.29, 1.82) is 0 Å². The second-order valence-electron chi connectivity index (χ2n) is 5.43. The summed E-state index contributed by atoms with van der Waals surface area (Å²) in [6.07, 6.45) is 6.50. The van der Waals surface area contributed by atoms with E-state index in [4.69, 9.17) is 9.57 Å². The molecule has 0 amide bonds. The van der Waals surface area contributed by atoms with Crippen molar-refractivity contribution < 1.29 is 9.57 Å². The minimum Gasteiger partial charge on any atom is -0.494 e. The highest BCUT2D eigenvalue weighted by Crippen LogP contribution is 2.12. The van der Waals surface area contributed by atoms with Crippen molar-refractivity contribution in [3.05, 3.63) is 29.8 Å². The first kappa shape index (κ1) is 18.5. The molecule has 124 valence electrons. The zero-order chi connectivity index (χ0) is 16.0. The van der Waals surface area contributed by atoms with E-state index in [-0.39, 0.29) is 0 Å². The molecule has 1 aromatic rings. The molecule has 1 rings (SSSR count). The van der Waals surface area contributed by atoms with E-state index in [0.29, 0.717) is 6.61 Å². The van der Waals surface area contributed by atoms with E-state index in [0.717, 1.165) is 24.3 Å². The van der Waals surface area contributed by atoms with Gasteiger partial charge in [-0.25, -0.2) is 0 Å². The van der Waals surface area contributed by atoms with Crippen LogP contribution in [0.3, 0.4) is 0 Å². The molecule has 0 aliphatic rings. The number of hydrogen-bond acceptors (Lipinski definition) is 4. The van der Waals surface area contributed by atoms with Gasteiger partial charge in [0.25, 0.3) is 0 Å². The van der Waals surface area contributed by atoms with Gasteiger partial charge in [-0.2, -0.15) is 0 Å². The summed E-state index contributed by atoms with van der Waals surface area (Å²) < 4.78 is 5.75. The summed E-state index contributed by atoms with van der Waals surface area (Å²) in [5.74, 6) is 0.914. The Balaban J connectivity index is 2.12. The Bertz CT molecular complexity index is 404. The number of hydrogen-bond donors (Lipinski definition) is 0. The van der Waals surface area contributed by atoms with Crippen LogP contribution < -0.4 is 4.74 Å². The van der Waals surface area contributed by atoms with Gasteiger partial charge in [0.1, 0.15) is 12.4 Å². The molecule has 0 spiro atoms. The van der Waals surface area contributed by atoms with Crippen molar-refractivity contribution in [2.45, 2.75) is 39.5 Å². The molecule has 0 bridgehead atoms. The van der Waals surface area contributed by atoms with Gasteiger partial charge in [-0.3, -0.25) is 0 Å². The van der Waals surface area contributed by atoms with Crippen LogP contribution in [0.15, 0.2) is 29.4 Å². The third kappa shape index (κ3) is 8.67. The number of rotatable bonds is 12. The van der Waals surface area contributed by atoms with Crippen molar-refractivity contribution >= 4 is 6.21 Å². The molecular formula is C18H30N2O2. The lowest BCUT2D eigenvalue weighted by molar-refractivity contribution is 0.160. The summed E-state index contributed by atoms with van der Waals surface area (Å²) in [5, 5.41) is 3.84. The number of benzene rings is 1.